The average molecular weight is 562 g/mol. The number of halogens is 2. The summed E-state index contributed by atoms with van der Waals surface area (Å²) in [5.41, 5.74) is 3.53. The number of amides is 2. The molecule has 0 aliphatic carbocycles. The van der Waals surface area contributed by atoms with E-state index in [4.69, 9.17) is 0 Å². The van der Waals surface area contributed by atoms with Gasteiger partial charge in [-0.05, 0) is 113 Å². The predicted octanol–water partition coefficient (Wildman–Crippen LogP) is 7.22. The van der Waals surface area contributed by atoms with E-state index in [9.17, 15) is 18.4 Å². The topological polar surface area (TPSA) is 52.7 Å². The fraction of sp³-hybridized carbons (Fsp3) is 0.412. The van der Waals surface area contributed by atoms with Crippen LogP contribution in [0.1, 0.15) is 79.8 Å². The summed E-state index contributed by atoms with van der Waals surface area (Å²) in [5.74, 6) is -0.324. The molecule has 3 aromatic carbocycles. The van der Waals surface area contributed by atoms with E-state index in [1.807, 2.05) is 41.3 Å². The highest BCUT2D eigenvalue weighted by atomic mass is 19.1. The van der Waals surface area contributed by atoms with E-state index in [-0.39, 0.29) is 17.4 Å². The Morgan fingerprint density at radius 1 is 0.829 bits per heavy atom. The lowest BCUT2D eigenvalue weighted by atomic mass is 9.87. The van der Waals surface area contributed by atoms with Gasteiger partial charge in [-0.2, -0.15) is 0 Å². The lowest BCUT2D eigenvalue weighted by Gasteiger charge is -2.41. The van der Waals surface area contributed by atoms with E-state index in [0.29, 0.717) is 17.0 Å². The summed E-state index contributed by atoms with van der Waals surface area (Å²) in [6.07, 6.45) is 4.75. The van der Waals surface area contributed by atoms with Crippen molar-refractivity contribution >= 4 is 18.0 Å². The minimum Gasteiger partial charge on any atom is -0.345 e. The van der Waals surface area contributed by atoms with E-state index in [2.05, 4.69) is 37.1 Å². The van der Waals surface area contributed by atoms with Gasteiger partial charge in [0, 0.05) is 35.9 Å². The first-order chi connectivity index (χ1) is 19.6. The van der Waals surface area contributed by atoms with Crippen LogP contribution in [0, 0.1) is 11.6 Å². The highest BCUT2D eigenvalue weighted by Crippen LogP contribution is 2.32. The van der Waals surface area contributed by atoms with Crippen molar-refractivity contribution in [3.05, 3.63) is 101 Å². The molecule has 218 valence electrons. The summed E-state index contributed by atoms with van der Waals surface area (Å²) >= 11 is 0. The third-order valence-electron chi connectivity index (χ3n) is 8.18. The second kappa shape index (κ2) is 13.9. The Kier molecular flexibility index (Phi) is 10.3. The molecule has 0 saturated carbocycles. The molecule has 2 fully saturated rings. The van der Waals surface area contributed by atoms with E-state index < -0.39 is 11.6 Å². The molecule has 3 aromatic rings. The Morgan fingerprint density at radius 2 is 1.49 bits per heavy atom. The maximum atomic E-state index is 13.7. The minimum atomic E-state index is -0.497. The minimum absolute atomic E-state index is 0.0986. The standard InChI is InChI=1S/C19H20N2O2.C15H21F2N/c22-14-21-11-9-15(10-12-21)17-7-4-8-18(13-17)20-19(23)16-5-2-1-3-6-16;1-15(2,3)18-8-6-11(7-9-18)13-5-4-12(16)10-14(13)17/h1-8,13-15H,9-12H2,(H,20,23);4-5,10-11H,6-9H2,1-3H3. The molecule has 2 aliphatic heterocycles. The number of nitrogens with zero attached hydrogens (tertiary/aromatic N) is 2. The highest BCUT2D eigenvalue weighted by Gasteiger charge is 2.28. The van der Waals surface area contributed by atoms with Gasteiger partial charge in [-0.1, -0.05) is 36.4 Å². The van der Waals surface area contributed by atoms with Crippen LogP contribution in [0.25, 0.3) is 0 Å². The number of carbonyl (C=O) groups is 2. The van der Waals surface area contributed by atoms with Gasteiger partial charge >= 0.3 is 0 Å². The Hall–Kier alpha value is -3.58. The molecule has 1 N–H and O–H groups in total. The second-order valence-electron chi connectivity index (χ2n) is 12.0. The molecule has 2 aliphatic rings. The van der Waals surface area contributed by atoms with Crippen LogP contribution in [0.15, 0.2) is 72.8 Å². The molecule has 0 atom stereocenters. The number of likely N-dealkylation sites (tertiary alicyclic amines) is 2. The lowest BCUT2D eigenvalue weighted by Crippen LogP contribution is -2.45. The van der Waals surface area contributed by atoms with Gasteiger partial charge in [-0.3, -0.25) is 14.5 Å². The summed E-state index contributed by atoms with van der Waals surface area (Å²) in [5, 5.41) is 2.95. The van der Waals surface area contributed by atoms with Gasteiger partial charge in [0.2, 0.25) is 6.41 Å². The van der Waals surface area contributed by atoms with Crippen molar-refractivity contribution in [2.24, 2.45) is 0 Å². The van der Waals surface area contributed by atoms with Crippen LogP contribution in [0.3, 0.4) is 0 Å². The van der Waals surface area contributed by atoms with Gasteiger partial charge in [0.15, 0.2) is 0 Å². The first-order valence-corrected chi connectivity index (χ1v) is 14.5. The molecule has 0 radical (unpaired) electrons. The van der Waals surface area contributed by atoms with E-state index in [1.54, 1.807) is 18.2 Å². The van der Waals surface area contributed by atoms with Crippen molar-refractivity contribution in [1.82, 2.24) is 9.80 Å². The quantitative estimate of drug-likeness (QED) is 0.335. The first kappa shape index (κ1) is 30.4. The van der Waals surface area contributed by atoms with Crippen LogP contribution in [0.5, 0.6) is 0 Å². The predicted molar refractivity (Wildman–Crippen MR) is 160 cm³/mol. The zero-order valence-electron chi connectivity index (χ0n) is 24.3. The zero-order chi connectivity index (χ0) is 29.4. The van der Waals surface area contributed by atoms with Gasteiger partial charge in [-0.25, -0.2) is 8.78 Å². The summed E-state index contributed by atoms with van der Waals surface area (Å²) in [7, 11) is 0. The molecule has 2 saturated heterocycles. The van der Waals surface area contributed by atoms with Crippen LogP contribution in [0.4, 0.5) is 14.5 Å². The number of rotatable bonds is 5. The Balaban J connectivity index is 0.000000195. The SMILES string of the molecule is CC(C)(C)N1CCC(c2ccc(F)cc2F)CC1.O=CN1CCC(c2cccc(NC(=O)c3ccccc3)c2)CC1. The van der Waals surface area contributed by atoms with Crippen LogP contribution in [0.2, 0.25) is 0 Å². The summed E-state index contributed by atoms with van der Waals surface area (Å²) < 4.78 is 26.6. The lowest BCUT2D eigenvalue weighted by molar-refractivity contribution is -0.119. The van der Waals surface area contributed by atoms with E-state index in [0.717, 1.165) is 70.0 Å². The Morgan fingerprint density at radius 3 is 2.10 bits per heavy atom. The molecule has 2 heterocycles. The maximum Gasteiger partial charge on any atom is 0.255 e. The molecule has 0 unspecified atom stereocenters. The molecule has 0 spiro atoms. The van der Waals surface area contributed by atoms with E-state index >= 15 is 0 Å². The molecule has 5 rings (SSSR count). The maximum absolute atomic E-state index is 13.7. The van der Waals surface area contributed by atoms with Crippen LogP contribution < -0.4 is 5.32 Å². The monoisotopic (exact) mass is 561 g/mol. The van der Waals surface area contributed by atoms with Crippen molar-refractivity contribution in [3.63, 3.8) is 0 Å². The van der Waals surface area contributed by atoms with Crippen molar-refractivity contribution in [2.75, 3.05) is 31.5 Å². The average Bonchev–Trinajstić information content (AvgIpc) is 2.98. The molecule has 7 heteroatoms. The normalized spacial score (nSPS) is 17.0. The molecular weight excluding hydrogens is 520 g/mol. The van der Waals surface area contributed by atoms with Crippen molar-refractivity contribution in [3.8, 4) is 0 Å². The smallest absolute Gasteiger partial charge is 0.255 e. The highest BCUT2D eigenvalue weighted by molar-refractivity contribution is 6.04. The Bertz CT molecular complexity index is 1290. The molecule has 5 nitrogen and oxygen atoms in total. The van der Waals surface area contributed by atoms with Gasteiger partial charge in [0.1, 0.15) is 11.6 Å². The molecular formula is C34H41F2N3O2. The van der Waals surface area contributed by atoms with Crippen molar-refractivity contribution in [1.29, 1.82) is 0 Å². The molecule has 0 aromatic heterocycles. The van der Waals surface area contributed by atoms with Crippen molar-refractivity contribution < 1.29 is 18.4 Å². The largest absolute Gasteiger partial charge is 0.345 e. The zero-order valence-corrected chi connectivity index (χ0v) is 24.3. The fourth-order valence-corrected chi connectivity index (χ4v) is 5.70. The van der Waals surface area contributed by atoms with Gasteiger partial charge < -0.3 is 10.2 Å². The first-order valence-electron chi connectivity index (χ1n) is 14.5. The van der Waals surface area contributed by atoms with Crippen LogP contribution >= 0.6 is 0 Å². The third-order valence-corrected chi connectivity index (χ3v) is 8.18. The van der Waals surface area contributed by atoms with Gasteiger partial charge in [-0.15, -0.1) is 0 Å². The number of benzene rings is 3. The van der Waals surface area contributed by atoms with Crippen LogP contribution in [-0.4, -0.2) is 53.8 Å². The molecule has 2 amide bonds. The van der Waals surface area contributed by atoms with E-state index in [1.165, 1.54) is 11.6 Å². The number of carbonyl (C=O) groups excluding carboxylic acids is 2. The van der Waals surface area contributed by atoms with Gasteiger partial charge in [0.05, 0.1) is 0 Å². The summed E-state index contributed by atoms with van der Waals surface area (Å²) in [4.78, 5) is 27.3. The molecule has 0 bridgehead atoms. The number of nitrogens with one attached hydrogen (secondary N) is 1. The molecule has 41 heavy (non-hydrogen) atoms. The van der Waals surface area contributed by atoms with Crippen LogP contribution in [-0.2, 0) is 4.79 Å². The van der Waals surface area contributed by atoms with Gasteiger partial charge in [0.25, 0.3) is 5.91 Å². The van der Waals surface area contributed by atoms with Crippen molar-refractivity contribution in [2.45, 2.75) is 63.8 Å². The number of hydrogen-bond acceptors (Lipinski definition) is 3. The number of piperidine rings is 2. The third kappa shape index (κ3) is 8.46. The summed E-state index contributed by atoms with van der Waals surface area (Å²) in [6.45, 7) is 10.2. The second-order valence-corrected chi connectivity index (χ2v) is 12.0. The number of hydrogen-bond donors (Lipinski definition) is 1. The Labute approximate surface area is 242 Å². The fourth-order valence-electron chi connectivity index (χ4n) is 5.70. The number of anilines is 1. The summed E-state index contributed by atoms with van der Waals surface area (Å²) in [6, 6.07) is 21.2.